The number of nitrogens with zero attached hydrogens (tertiary/aromatic N) is 2. The average Bonchev–Trinajstić information content (AvgIpc) is 2.22. The predicted molar refractivity (Wildman–Crippen MR) is 61.9 cm³/mol. The van der Waals surface area contributed by atoms with E-state index in [4.69, 9.17) is 28.9 Å². The topological polar surface area (TPSA) is 51.8 Å². The second-order valence-electron chi connectivity index (χ2n) is 2.98. The minimum absolute atomic E-state index is 0.315. The molecule has 0 atom stereocenters. The van der Waals surface area contributed by atoms with Gasteiger partial charge in [-0.2, -0.15) is 0 Å². The van der Waals surface area contributed by atoms with Gasteiger partial charge in [0.1, 0.15) is 5.82 Å². The first kappa shape index (κ1) is 10.2. The Morgan fingerprint density at radius 3 is 2.40 bits per heavy atom. The molecule has 2 N–H and O–H groups in total. The van der Waals surface area contributed by atoms with Crippen molar-refractivity contribution < 1.29 is 0 Å². The summed E-state index contributed by atoms with van der Waals surface area (Å²) in [5.74, 6) is 0.315. The second-order valence-corrected chi connectivity index (χ2v) is 3.83. The van der Waals surface area contributed by atoms with Crippen LogP contribution in [-0.4, -0.2) is 9.97 Å². The lowest BCUT2D eigenvalue weighted by atomic mass is 10.1. The van der Waals surface area contributed by atoms with Crippen molar-refractivity contribution in [1.82, 2.24) is 9.97 Å². The number of anilines is 1. The van der Waals surface area contributed by atoms with Crippen molar-refractivity contribution in [2.24, 2.45) is 0 Å². The van der Waals surface area contributed by atoms with Gasteiger partial charge in [-0.3, -0.25) is 4.98 Å². The van der Waals surface area contributed by atoms with E-state index in [0.717, 1.165) is 11.1 Å². The highest BCUT2D eigenvalue weighted by molar-refractivity contribution is 6.33. The predicted octanol–water partition coefficient (Wildman–Crippen LogP) is 3.03. The molecule has 0 aliphatic carbocycles. The number of hydrogen-bond acceptors (Lipinski definition) is 3. The molecule has 2 aromatic heterocycles. The first-order chi connectivity index (χ1) is 7.16. The molecule has 0 unspecified atom stereocenters. The molecule has 0 radical (unpaired) electrons. The fourth-order valence-corrected chi connectivity index (χ4v) is 1.52. The molecule has 2 aromatic rings. The van der Waals surface area contributed by atoms with E-state index in [2.05, 4.69) is 9.97 Å². The van der Waals surface area contributed by atoms with Gasteiger partial charge in [0, 0.05) is 29.7 Å². The van der Waals surface area contributed by atoms with E-state index in [1.807, 2.05) is 0 Å². The zero-order valence-electron chi connectivity index (χ0n) is 7.61. The first-order valence-corrected chi connectivity index (χ1v) is 4.94. The van der Waals surface area contributed by atoms with Crippen LogP contribution in [0, 0.1) is 0 Å². The van der Waals surface area contributed by atoms with Gasteiger partial charge in [0.25, 0.3) is 0 Å². The average molecular weight is 240 g/mol. The summed E-state index contributed by atoms with van der Waals surface area (Å²) in [6.07, 6.45) is 4.89. The van der Waals surface area contributed by atoms with Crippen LogP contribution in [0.1, 0.15) is 0 Å². The van der Waals surface area contributed by atoms with E-state index in [0.29, 0.717) is 15.9 Å². The molecular weight excluding hydrogens is 233 g/mol. The molecule has 0 aliphatic heterocycles. The minimum Gasteiger partial charge on any atom is -0.382 e. The van der Waals surface area contributed by atoms with Gasteiger partial charge in [-0.1, -0.05) is 23.2 Å². The standard InChI is InChI=1S/C10H7Cl2N3/c11-8-1-6(3-14-5-8)7-2-9(12)10(13)15-4-7/h1-5H,(H2,13,15). The van der Waals surface area contributed by atoms with Crippen molar-refractivity contribution in [2.75, 3.05) is 5.73 Å². The Morgan fingerprint density at radius 1 is 1.00 bits per heavy atom. The molecule has 5 heteroatoms. The summed E-state index contributed by atoms with van der Waals surface area (Å²) >= 11 is 11.7. The van der Waals surface area contributed by atoms with Crippen LogP contribution in [-0.2, 0) is 0 Å². The zero-order valence-corrected chi connectivity index (χ0v) is 9.13. The summed E-state index contributed by atoms with van der Waals surface area (Å²) in [7, 11) is 0. The van der Waals surface area contributed by atoms with E-state index in [1.165, 1.54) is 0 Å². The van der Waals surface area contributed by atoms with Gasteiger partial charge in [-0.15, -0.1) is 0 Å². The van der Waals surface area contributed by atoms with Crippen LogP contribution in [0.4, 0.5) is 5.82 Å². The maximum Gasteiger partial charge on any atom is 0.142 e. The maximum absolute atomic E-state index is 5.86. The number of halogens is 2. The Morgan fingerprint density at radius 2 is 1.73 bits per heavy atom. The minimum atomic E-state index is 0.315. The van der Waals surface area contributed by atoms with Crippen LogP contribution in [0.3, 0.4) is 0 Å². The second kappa shape index (κ2) is 4.04. The molecule has 15 heavy (non-hydrogen) atoms. The number of pyridine rings is 2. The van der Waals surface area contributed by atoms with Crippen molar-refractivity contribution in [3.8, 4) is 11.1 Å². The number of aromatic nitrogens is 2. The van der Waals surface area contributed by atoms with Crippen molar-refractivity contribution in [2.45, 2.75) is 0 Å². The van der Waals surface area contributed by atoms with Crippen molar-refractivity contribution in [3.63, 3.8) is 0 Å². The third-order valence-electron chi connectivity index (χ3n) is 1.91. The number of nitrogens with two attached hydrogens (primary N) is 1. The highest BCUT2D eigenvalue weighted by Gasteiger charge is 2.03. The van der Waals surface area contributed by atoms with Gasteiger partial charge >= 0.3 is 0 Å². The van der Waals surface area contributed by atoms with Crippen LogP contribution >= 0.6 is 23.2 Å². The lowest BCUT2D eigenvalue weighted by Crippen LogP contribution is -1.91. The largest absolute Gasteiger partial charge is 0.382 e. The SMILES string of the molecule is Nc1ncc(-c2cncc(Cl)c2)cc1Cl. The Balaban J connectivity index is 2.50. The molecule has 0 saturated carbocycles. The van der Waals surface area contributed by atoms with Gasteiger partial charge in [0.15, 0.2) is 0 Å². The summed E-state index contributed by atoms with van der Waals surface area (Å²) < 4.78 is 0. The van der Waals surface area contributed by atoms with Gasteiger partial charge < -0.3 is 5.73 Å². The van der Waals surface area contributed by atoms with Crippen LogP contribution in [0.2, 0.25) is 10.0 Å². The van der Waals surface area contributed by atoms with E-state index in [-0.39, 0.29) is 0 Å². The molecule has 0 aromatic carbocycles. The molecule has 76 valence electrons. The van der Waals surface area contributed by atoms with E-state index >= 15 is 0 Å². The fourth-order valence-electron chi connectivity index (χ4n) is 1.18. The molecule has 2 rings (SSSR count). The molecule has 0 bridgehead atoms. The molecule has 0 fully saturated rings. The Bertz CT molecular complexity index is 500. The molecule has 0 aliphatic rings. The maximum atomic E-state index is 5.86. The van der Waals surface area contributed by atoms with Crippen molar-refractivity contribution in [3.05, 3.63) is 40.8 Å². The van der Waals surface area contributed by atoms with Gasteiger partial charge in [-0.05, 0) is 12.1 Å². The Hall–Kier alpha value is -1.32. The van der Waals surface area contributed by atoms with Crippen molar-refractivity contribution >= 4 is 29.0 Å². The van der Waals surface area contributed by atoms with Crippen LogP contribution < -0.4 is 5.73 Å². The van der Waals surface area contributed by atoms with Gasteiger partial charge in [0.2, 0.25) is 0 Å². The quantitative estimate of drug-likeness (QED) is 0.833. The highest BCUT2D eigenvalue weighted by atomic mass is 35.5. The third-order valence-corrected chi connectivity index (χ3v) is 2.42. The normalized spacial score (nSPS) is 10.3. The molecule has 0 spiro atoms. The smallest absolute Gasteiger partial charge is 0.142 e. The third kappa shape index (κ3) is 2.19. The number of nitrogen functional groups attached to an aromatic ring is 1. The summed E-state index contributed by atoms with van der Waals surface area (Å²) in [5.41, 5.74) is 7.21. The number of rotatable bonds is 1. The monoisotopic (exact) mass is 239 g/mol. The molecule has 0 amide bonds. The first-order valence-electron chi connectivity index (χ1n) is 4.19. The van der Waals surface area contributed by atoms with Crippen LogP contribution in [0.5, 0.6) is 0 Å². The lowest BCUT2D eigenvalue weighted by molar-refractivity contribution is 1.30. The number of hydrogen-bond donors (Lipinski definition) is 1. The fraction of sp³-hybridized carbons (Fsp3) is 0. The van der Waals surface area contributed by atoms with E-state index in [9.17, 15) is 0 Å². The van der Waals surface area contributed by atoms with E-state index in [1.54, 1.807) is 30.7 Å². The van der Waals surface area contributed by atoms with Crippen LogP contribution in [0.25, 0.3) is 11.1 Å². The summed E-state index contributed by atoms with van der Waals surface area (Å²) in [5, 5.41) is 0.993. The molecule has 2 heterocycles. The lowest BCUT2D eigenvalue weighted by Gasteiger charge is -2.03. The molecule has 3 nitrogen and oxygen atoms in total. The summed E-state index contributed by atoms with van der Waals surface area (Å²) in [6, 6.07) is 3.52. The van der Waals surface area contributed by atoms with Crippen molar-refractivity contribution in [1.29, 1.82) is 0 Å². The zero-order chi connectivity index (χ0) is 10.8. The van der Waals surface area contributed by atoms with E-state index < -0.39 is 0 Å². The molecular formula is C10H7Cl2N3. The Labute approximate surface area is 96.9 Å². The molecule has 0 saturated heterocycles. The van der Waals surface area contributed by atoms with Gasteiger partial charge in [-0.25, -0.2) is 4.98 Å². The highest BCUT2D eigenvalue weighted by Crippen LogP contribution is 2.25. The summed E-state index contributed by atoms with van der Waals surface area (Å²) in [6.45, 7) is 0. The Kier molecular flexibility index (Phi) is 2.75. The van der Waals surface area contributed by atoms with Gasteiger partial charge in [0.05, 0.1) is 10.0 Å². The van der Waals surface area contributed by atoms with Crippen LogP contribution in [0.15, 0.2) is 30.7 Å². The summed E-state index contributed by atoms with van der Waals surface area (Å²) in [4.78, 5) is 7.94.